The van der Waals surface area contributed by atoms with Crippen LogP contribution in [0.5, 0.6) is 0 Å². The Balaban J connectivity index is 0.00000274. The summed E-state index contributed by atoms with van der Waals surface area (Å²) in [5.74, 6) is -0.344. The zero-order valence-corrected chi connectivity index (χ0v) is 21.5. The summed E-state index contributed by atoms with van der Waals surface area (Å²) in [6.07, 6.45) is 0.767. The number of amides is 1. The van der Waals surface area contributed by atoms with Crippen molar-refractivity contribution in [2.75, 3.05) is 44.3 Å². The number of thiazole rings is 1. The third-order valence-electron chi connectivity index (χ3n) is 5.62. The maximum absolute atomic E-state index is 13.6. The first-order valence-electron chi connectivity index (χ1n) is 10.8. The fourth-order valence-corrected chi connectivity index (χ4v) is 5.45. The lowest BCUT2D eigenvalue weighted by atomic mass is 10.2. The Bertz CT molecular complexity index is 1370. The molecule has 2 aromatic heterocycles. The molecule has 0 bridgehead atoms. The van der Waals surface area contributed by atoms with Gasteiger partial charge in [-0.25, -0.2) is 4.98 Å². The van der Waals surface area contributed by atoms with Gasteiger partial charge in [0.05, 0.1) is 28.8 Å². The van der Waals surface area contributed by atoms with E-state index < -0.39 is 0 Å². The van der Waals surface area contributed by atoms with Crippen LogP contribution in [0.25, 0.3) is 21.2 Å². The number of carbonyl (C=O) groups is 1. The van der Waals surface area contributed by atoms with Crippen molar-refractivity contribution < 1.29 is 13.9 Å². The van der Waals surface area contributed by atoms with Gasteiger partial charge >= 0.3 is 0 Å². The van der Waals surface area contributed by atoms with Gasteiger partial charge in [0.2, 0.25) is 0 Å². The number of ether oxygens (including phenoxy) is 1. The van der Waals surface area contributed by atoms with Crippen LogP contribution in [0.4, 0.5) is 5.13 Å². The topological polar surface area (TPSA) is 75.9 Å². The standard InChI is InChI=1S/C24H22BrN3O4S.ClH/c25-16-6-7-18-22(14-16)33-24(26-18)28(9-3-8-27-10-12-31-13-11-27)23(30)21-15-19(29)17-4-1-2-5-20(17)32-21;/h1-2,4-7,14-15H,3,8-13H2;1H. The lowest BCUT2D eigenvalue weighted by Gasteiger charge is -2.27. The fraction of sp³-hybridized carbons (Fsp3) is 0.292. The summed E-state index contributed by atoms with van der Waals surface area (Å²) in [7, 11) is 0. The average Bonchev–Trinajstić information content (AvgIpc) is 3.25. The number of benzene rings is 2. The second-order valence-corrected chi connectivity index (χ2v) is 9.77. The van der Waals surface area contributed by atoms with Crippen molar-refractivity contribution in [3.8, 4) is 0 Å². The Morgan fingerprint density at radius 2 is 1.94 bits per heavy atom. The highest BCUT2D eigenvalue weighted by Crippen LogP contribution is 2.32. The molecule has 1 aliphatic heterocycles. The van der Waals surface area contributed by atoms with Gasteiger partial charge in [0.1, 0.15) is 5.58 Å². The Morgan fingerprint density at radius 1 is 1.15 bits per heavy atom. The van der Waals surface area contributed by atoms with Crippen LogP contribution in [0, 0.1) is 0 Å². The lowest BCUT2D eigenvalue weighted by Crippen LogP contribution is -2.39. The Hall–Kier alpha value is -2.30. The molecule has 1 amide bonds. The first-order valence-corrected chi connectivity index (χ1v) is 12.4. The van der Waals surface area contributed by atoms with Crippen LogP contribution < -0.4 is 10.3 Å². The van der Waals surface area contributed by atoms with E-state index in [0.29, 0.717) is 22.6 Å². The number of nitrogens with zero attached hydrogens (tertiary/aromatic N) is 3. The predicted molar refractivity (Wildman–Crippen MR) is 141 cm³/mol. The molecule has 4 aromatic rings. The van der Waals surface area contributed by atoms with Crippen LogP contribution in [0.3, 0.4) is 0 Å². The largest absolute Gasteiger partial charge is 0.451 e. The Kier molecular flexibility index (Phi) is 8.00. The van der Waals surface area contributed by atoms with E-state index in [0.717, 1.165) is 54.0 Å². The molecule has 0 atom stereocenters. The third kappa shape index (κ3) is 5.34. The number of carbonyl (C=O) groups excluding carboxylic acids is 1. The van der Waals surface area contributed by atoms with Gasteiger partial charge in [-0.3, -0.25) is 19.4 Å². The molecule has 7 nitrogen and oxygen atoms in total. The first kappa shape index (κ1) is 24.8. The highest BCUT2D eigenvalue weighted by molar-refractivity contribution is 9.10. The van der Waals surface area contributed by atoms with E-state index in [4.69, 9.17) is 14.1 Å². The molecule has 0 N–H and O–H groups in total. The molecule has 1 aliphatic rings. The number of fused-ring (bicyclic) bond motifs is 2. The van der Waals surface area contributed by atoms with Gasteiger partial charge in [-0.2, -0.15) is 0 Å². The molecule has 0 saturated carbocycles. The minimum absolute atomic E-state index is 0. The highest BCUT2D eigenvalue weighted by atomic mass is 79.9. The van der Waals surface area contributed by atoms with Crippen molar-refractivity contribution in [2.45, 2.75) is 6.42 Å². The van der Waals surface area contributed by atoms with E-state index in [2.05, 4.69) is 20.8 Å². The summed E-state index contributed by atoms with van der Waals surface area (Å²) in [4.78, 5) is 34.8. The smallest absolute Gasteiger partial charge is 0.295 e. The van der Waals surface area contributed by atoms with Crippen LogP contribution >= 0.6 is 39.7 Å². The SMILES string of the molecule is Cl.O=C(c1cc(=O)c2ccccc2o1)N(CCCN1CCOCC1)c1nc2ccc(Br)cc2s1. The quantitative estimate of drug-likeness (QED) is 0.330. The van der Waals surface area contributed by atoms with Crippen LogP contribution in [-0.4, -0.2) is 55.2 Å². The minimum atomic E-state index is -0.363. The summed E-state index contributed by atoms with van der Waals surface area (Å²) >= 11 is 4.94. The maximum atomic E-state index is 13.6. The molecular weight excluding hydrogens is 542 g/mol. The first-order chi connectivity index (χ1) is 16.1. The fourth-order valence-electron chi connectivity index (χ4n) is 3.91. The minimum Gasteiger partial charge on any atom is -0.451 e. The number of para-hydroxylation sites is 1. The van der Waals surface area contributed by atoms with Gasteiger partial charge in [-0.15, -0.1) is 12.4 Å². The Morgan fingerprint density at radius 3 is 2.76 bits per heavy atom. The van der Waals surface area contributed by atoms with E-state index >= 15 is 0 Å². The van der Waals surface area contributed by atoms with Crippen molar-refractivity contribution in [2.24, 2.45) is 0 Å². The van der Waals surface area contributed by atoms with Gasteiger partial charge in [0, 0.05) is 36.7 Å². The second-order valence-electron chi connectivity index (χ2n) is 7.84. The van der Waals surface area contributed by atoms with E-state index in [9.17, 15) is 9.59 Å². The van der Waals surface area contributed by atoms with Gasteiger partial charge in [0.15, 0.2) is 16.3 Å². The molecule has 2 aromatic carbocycles. The zero-order chi connectivity index (χ0) is 22.8. The number of aromatic nitrogens is 1. The lowest BCUT2D eigenvalue weighted by molar-refractivity contribution is 0.0376. The number of morpholine rings is 1. The summed E-state index contributed by atoms with van der Waals surface area (Å²) in [5.41, 5.74) is 0.987. The second kappa shape index (κ2) is 11.0. The monoisotopic (exact) mass is 563 g/mol. The molecule has 1 saturated heterocycles. The van der Waals surface area contributed by atoms with Crippen molar-refractivity contribution in [1.82, 2.24) is 9.88 Å². The van der Waals surface area contributed by atoms with E-state index in [1.807, 2.05) is 18.2 Å². The molecule has 178 valence electrons. The molecule has 34 heavy (non-hydrogen) atoms. The molecule has 0 spiro atoms. The summed E-state index contributed by atoms with van der Waals surface area (Å²) < 4.78 is 13.2. The summed E-state index contributed by atoms with van der Waals surface area (Å²) in [6.45, 7) is 4.57. The molecule has 0 aliphatic carbocycles. The van der Waals surface area contributed by atoms with Crippen molar-refractivity contribution in [1.29, 1.82) is 0 Å². The zero-order valence-electron chi connectivity index (χ0n) is 18.2. The van der Waals surface area contributed by atoms with E-state index in [-0.39, 0.29) is 29.5 Å². The van der Waals surface area contributed by atoms with Crippen LogP contribution in [0.2, 0.25) is 0 Å². The van der Waals surface area contributed by atoms with Crippen molar-refractivity contribution >= 4 is 71.9 Å². The summed E-state index contributed by atoms with van der Waals surface area (Å²) in [5, 5.41) is 1.05. The van der Waals surface area contributed by atoms with Gasteiger partial charge in [0.25, 0.3) is 5.91 Å². The third-order valence-corrected chi connectivity index (χ3v) is 7.15. The number of hydrogen-bond acceptors (Lipinski definition) is 7. The molecular formula is C24H23BrClN3O4S. The summed E-state index contributed by atoms with van der Waals surface area (Å²) in [6, 6.07) is 14.1. The van der Waals surface area contributed by atoms with E-state index in [1.165, 1.54) is 17.4 Å². The van der Waals surface area contributed by atoms with Gasteiger partial charge in [-0.05, 0) is 36.8 Å². The molecule has 3 heterocycles. The maximum Gasteiger partial charge on any atom is 0.295 e. The molecule has 1 fully saturated rings. The predicted octanol–water partition coefficient (Wildman–Crippen LogP) is 4.96. The van der Waals surface area contributed by atoms with Crippen molar-refractivity contribution in [3.63, 3.8) is 0 Å². The van der Waals surface area contributed by atoms with Gasteiger partial charge in [-0.1, -0.05) is 39.4 Å². The molecule has 0 unspecified atom stereocenters. The van der Waals surface area contributed by atoms with E-state index in [1.54, 1.807) is 29.2 Å². The number of halogens is 2. The molecule has 5 rings (SSSR count). The van der Waals surface area contributed by atoms with Gasteiger partial charge < -0.3 is 9.15 Å². The van der Waals surface area contributed by atoms with Crippen LogP contribution in [-0.2, 0) is 4.74 Å². The molecule has 0 radical (unpaired) electrons. The number of hydrogen-bond donors (Lipinski definition) is 0. The van der Waals surface area contributed by atoms with Crippen LogP contribution in [0.1, 0.15) is 17.0 Å². The Labute approximate surface area is 214 Å². The van der Waals surface area contributed by atoms with Crippen LogP contribution in [0.15, 0.2) is 62.2 Å². The normalized spacial score (nSPS) is 14.3. The molecule has 10 heteroatoms. The number of anilines is 1. The number of rotatable bonds is 6. The van der Waals surface area contributed by atoms with Crippen molar-refractivity contribution in [3.05, 3.63) is 69.0 Å². The average molecular weight is 565 g/mol. The highest BCUT2D eigenvalue weighted by Gasteiger charge is 2.24.